The molecule has 1 fully saturated rings. The molecule has 1 amide bonds. The third kappa shape index (κ3) is 3.81. The standard InChI is InChI=1S/C18H24BNO5/c1-11(12-6-3-2-4-7-12)17(21)20-15-10-13-8-5-9-14(18(22)23)16(13)25-19(15)24/h5,8-9,11-12,15,24H,2-4,6-7,10H2,1H3,(H,20,21)(H,22,23). The summed E-state index contributed by atoms with van der Waals surface area (Å²) in [4.78, 5) is 23.8. The summed E-state index contributed by atoms with van der Waals surface area (Å²) >= 11 is 0. The van der Waals surface area contributed by atoms with E-state index in [1.54, 1.807) is 12.1 Å². The topological polar surface area (TPSA) is 95.9 Å². The minimum Gasteiger partial charge on any atom is -0.534 e. The number of aromatic carboxylic acids is 1. The molecule has 1 aromatic rings. The van der Waals surface area contributed by atoms with Gasteiger partial charge in [-0.15, -0.1) is 0 Å². The van der Waals surface area contributed by atoms with Gasteiger partial charge in [-0.05, 0) is 36.8 Å². The van der Waals surface area contributed by atoms with E-state index in [4.69, 9.17) is 4.65 Å². The van der Waals surface area contributed by atoms with E-state index in [2.05, 4.69) is 5.32 Å². The molecule has 0 radical (unpaired) electrons. The summed E-state index contributed by atoms with van der Waals surface area (Å²) in [6.07, 6.45) is 6.07. The lowest BCUT2D eigenvalue weighted by atomic mass is 9.71. The average Bonchev–Trinajstić information content (AvgIpc) is 2.61. The van der Waals surface area contributed by atoms with Crippen LogP contribution in [0.5, 0.6) is 5.75 Å². The number of carboxylic acid groups (broad SMARTS) is 1. The minimum atomic E-state index is -1.25. The molecule has 1 aliphatic carbocycles. The maximum Gasteiger partial charge on any atom is 0.547 e. The van der Waals surface area contributed by atoms with Crippen LogP contribution in [0.4, 0.5) is 0 Å². The zero-order valence-electron chi connectivity index (χ0n) is 14.4. The summed E-state index contributed by atoms with van der Waals surface area (Å²) in [5.41, 5.74) is 0.706. The van der Waals surface area contributed by atoms with Crippen LogP contribution in [0.25, 0.3) is 0 Å². The number of carbonyl (C=O) groups is 2. The van der Waals surface area contributed by atoms with Crippen LogP contribution in [0.3, 0.4) is 0 Å². The molecule has 0 bridgehead atoms. The molecular weight excluding hydrogens is 321 g/mol. The van der Waals surface area contributed by atoms with Crippen molar-refractivity contribution in [2.75, 3.05) is 0 Å². The van der Waals surface area contributed by atoms with Crippen LogP contribution in [0, 0.1) is 11.8 Å². The van der Waals surface area contributed by atoms with Crippen molar-refractivity contribution < 1.29 is 24.4 Å². The Bertz CT molecular complexity index is 659. The first-order chi connectivity index (χ1) is 12.0. The second-order valence-corrected chi connectivity index (χ2v) is 7.11. The van der Waals surface area contributed by atoms with Gasteiger partial charge >= 0.3 is 13.1 Å². The lowest BCUT2D eigenvalue weighted by Crippen LogP contribution is -2.54. The zero-order chi connectivity index (χ0) is 18.0. The molecule has 134 valence electrons. The molecule has 3 N–H and O–H groups in total. The number of fused-ring (bicyclic) bond motifs is 1. The molecule has 25 heavy (non-hydrogen) atoms. The fraction of sp³-hybridized carbons (Fsp3) is 0.556. The summed E-state index contributed by atoms with van der Waals surface area (Å²) in [6, 6.07) is 4.85. The van der Waals surface area contributed by atoms with Crippen LogP contribution < -0.4 is 9.97 Å². The number of nitrogens with one attached hydrogen (secondary N) is 1. The van der Waals surface area contributed by atoms with Gasteiger partial charge in [-0.3, -0.25) is 4.79 Å². The number of carbonyl (C=O) groups excluding carboxylic acids is 1. The van der Waals surface area contributed by atoms with Gasteiger partial charge in [-0.25, -0.2) is 4.79 Å². The first-order valence-corrected chi connectivity index (χ1v) is 8.97. The fourth-order valence-electron chi connectivity index (χ4n) is 3.88. The van der Waals surface area contributed by atoms with Crippen LogP contribution in [-0.4, -0.2) is 35.1 Å². The molecule has 2 aliphatic rings. The van der Waals surface area contributed by atoms with Crippen molar-refractivity contribution in [2.45, 2.75) is 51.4 Å². The molecule has 1 saturated carbocycles. The molecule has 1 aromatic carbocycles. The van der Waals surface area contributed by atoms with E-state index in [0.29, 0.717) is 17.9 Å². The number of hydrogen-bond acceptors (Lipinski definition) is 4. The van der Waals surface area contributed by atoms with Gasteiger partial charge in [0.15, 0.2) is 0 Å². The SMILES string of the molecule is CC(C(=O)NC1Cc2cccc(C(=O)O)c2OB1O)C1CCCCC1. The Morgan fingerprint density at radius 2 is 2.00 bits per heavy atom. The molecular formula is C18H24BNO5. The van der Waals surface area contributed by atoms with E-state index in [-0.39, 0.29) is 23.1 Å². The van der Waals surface area contributed by atoms with E-state index in [1.807, 2.05) is 6.92 Å². The van der Waals surface area contributed by atoms with Gasteiger partial charge in [0, 0.05) is 5.92 Å². The Kier molecular flexibility index (Phi) is 5.32. The summed E-state index contributed by atoms with van der Waals surface area (Å²) in [5, 5.41) is 22.4. The lowest BCUT2D eigenvalue weighted by molar-refractivity contribution is -0.126. The summed E-state index contributed by atoms with van der Waals surface area (Å²) in [7, 11) is -1.25. The lowest BCUT2D eigenvalue weighted by Gasteiger charge is -2.31. The van der Waals surface area contributed by atoms with Crippen molar-refractivity contribution in [3.63, 3.8) is 0 Å². The Labute approximate surface area is 147 Å². The second kappa shape index (κ2) is 7.48. The third-order valence-electron chi connectivity index (χ3n) is 5.45. The molecule has 0 spiro atoms. The number of benzene rings is 1. The van der Waals surface area contributed by atoms with E-state index in [9.17, 15) is 19.7 Å². The third-order valence-corrected chi connectivity index (χ3v) is 5.45. The van der Waals surface area contributed by atoms with Crippen molar-refractivity contribution in [2.24, 2.45) is 11.8 Å². The van der Waals surface area contributed by atoms with Crippen LogP contribution >= 0.6 is 0 Å². The van der Waals surface area contributed by atoms with Gasteiger partial charge < -0.3 is 20.1 Å². The first kappa shape index (κ1) is 17.8. The molecule has 7 heteroatoms. The molecule has 1 heterocycles. The molecule has 2 unspecified atom stereocenters. The Hall–Kier alpha value is -2.02. The maximum atomic E-state index is 12.6. The molecule has 6 nitrogen and oxygen atoms in total. The van der Waals surface area contributed by atoms with Gasteiger partial charge in [0.1, 0.15) is 5.75 Å². The number of hydrogen-bond donors (Lipinski definition) is 3. The second-order valence-electron chi connectivity index (χ2n) is 7.11. The van der Waals surface area contributed by atoms with Crippen LogP contribution in [-0.2, 0) is 11.2 Å². The predicted molar refractivity (Wildman–Crippen MR) is 93.4 cm³/mol. The highest BCUT2D eigenvalue weighted by Crippen LogP contribution is 2.32. The number of para-hydroxylation sites is 1. The summed E-state index contributed by atoms with van der Waals surface area (Å²) in [5.74, 6) is -1.26. The van der Waals surface area contributed by atoms with E-state index < -0.39 is 19.0 Å². The highest BCUT2D eigenvalue weighted by molar-refractivity contribution is 6.47. The molecule has 3 rings (SSSR count). The van der Waals surface area contributed by atoms with Crippen molar-refractivity contribution in [1.82, 2.24) is 5.32 Å². The van der Waals surface area contributed by atoms with Crippen LogP contribution in [0.1, 0.15) is 54.9 Å². The normalized spacial score (nSPS) is 21.8. The average molecular weight is 345 g/mol. The van der Waals surface area contributed by atoms with Gasteiger partial charge in [-0.2, -0.15) is 0 Å². The fourth-order valence-corrected chi connectivity index (χ4v) is 3.88. The Morgan fingerprint density at radius 3 is 2.68 bits per heavy atom. The van der Waals surface area contributed by atoms with E-state index >= 15 is 0 Å². The van der Waals surface area contributed by atoms with Gasteiger partial charge in [0.25, 0.3) is 0 Å². The van der Waals surface area contributed by atoms with Gasteiger partial charge in [0.05, 0.1) is 11.5 Å². The van der Waals surface area contributed by atoms with Gasteiger partial charge in [-0.1, -0.05) is 38.3 Å². The van der Waals surface area contributed by atoms with Crippen LogP contribution in [0.2, 0.25) is 0 Å². The number of rotatable bonds is 4. The Morgan fingerprint density at radius 1 is 1.28 bits per heavy atom. The molecule has 1 aliphatic heterocycles. The quantitative estimate of drug-likeness (QED) is 0.726. The highest BCUT2D eigenvalue weighted by atomic mass is 16.5. The van der Waals surface area contributed by atoms with Crippen molar-refractivity contribution in [1.29, 1.82) is 0 Å². The van der Waals surface area contributed by atoms with Crippen molar-refractivity contribution >= 4 is 19.0 Å². The van der Waals surface area contributed by atoms with Gasteiger partial charge in [0.2, 0.25) is 5.91 Å². The Balaban J connectivity index is 1.69. The molecule has 0 saturated heterocycles. The highest BCUT2D eigenvalue weighted by Gasteiger charge is 2.39. The number of carboxylic acids is 1. The van der Waals surface area contributed by atoms with Crippen LogP contribution in [0.15, 0.2) is 18.2 Å². The minimum absolute atomic E-state index is 0.0249. The van der Waals surface area contributed by atoms with E-state index in [1.165, 1.54) is 25.3 Å². The van der Waals surface area contributed by atoms with E-state index in [0.717, 1.165) is 12.8 Å². The largest absolute Gasteiger partial charge is 0.547 e. The summed E-state index contributed by atoms with van der Waals surface area (Å²) in [6.45, 7) is 1.94. The summed E-state index contributed by atoms with van der Waals surface area (Å²) < 4.78 is 5.42. The smallest absolute Gasteiger partial charge is 0.534 e. The van der Waals surface area contributed by atoms with Crippen molar-refractivity contribution in [3.05, 3.63) is 29.3 Å². The first-order valence-electron chi connectivity index (χ1n) is 8.97. The predicted octanol–water partition coefficient (Wildman–Crippen LogP) is 2.04. The number of amides is 1. The monoisotopic (exact) mass is 345 g/mol. The molecule has 0 aromatic heterocycles. The zero-order valence-corrected chi connectivity index (χ0v) is 14.4. The molecule has 2 atom stereocenters. The maximum absolute atomic E-state index is 12.6. The van der Waals surface area contributed by atoms with Crippen molar-refractivity contribution in [3.8, 4) is 5.75 Å².